The van der Waals surface area contributed by atoms with E-state index in [9.17, 15) is 19.5 Å². The highest BCUT2D eigenvalue weighted by atomic mass is 16.5. The molecule has 0 saturated carbocycles. The molecule has 0 unspecified atom stereocenters. The highest BCUT2D eigenvalue weighted by molar-refractivity contribution is 6.39. The lowest BCUT2D eigenvalue weighted by atomic mass is 10.0. The molecule has 1 saturated heterocycles. The van der Waals surface area contributed by atoms with Crippen LogP contribution < -0.4 is 19.7 Å². The number of phenolic OH excluding ortho intramolecular Hbond substituents is 1. The van der Waals surface area contributed by atoms with Crippen LogP contribution in [0, 0.1) is 6.92 Å². The fourth-order valence-electron chi connectivity index (χ4n) is 2.85. The van der Waals surface area contributed by atoms with Gasteiger partial charge >= 0.3 is 6.03 Å². The summed E-state index contributed by atoms with van der Waals surface area (Å²) < 4.78 is 10.2. The second-order valence-electron chi connectivity index (χ2n) is 6.02. The highest BCUT2D eigenvalue weighted by Gasteiger charge is 2.37. The number of urea groups is 1. The number of carbonyl (C=O) groups excluding carboxylic acids is 3. The number of ether oxygens (including phenoxy) is 2. The summed E-state index contributed by atoms with van der Waals surface area (Å²) in [4.78, 5) is 38.4. The summed E-state index contributed by atoms with van der Waals surface area (Å²) in [5.74, 6) is -1.55. The number of rotatable bonds is 4. The van der Waals surface area contributed by atoms with E-state index in [0.29, 0.717) is 16.8 Å². The monoisotopic (exact) mass is 382 g/mol. The van der Waals surface area contributed by atoms with Crippen molar-refractivity contribution < 1.29 is 29.0 Å². The topological polar surface area (TPSA) is 105 Å². The first-order valence-electron chi connectivity index (χ1n) is 8.29. The van der Waals surface area contributed by atoms with Crippen molar-refractivity contribution in [3.63, 3.8) is 0 Å². The van der Waals surface area contributed by atoms with Crippen molar-refractivity contribution >= 4 is 29.6 Å². The Morgan fingerprint density at radius 3 is 2.21 bits per heavy atom. The summed E-state index contributed by atoms with van der Waals surface area (Å²) in [7, 11) is 2.73. The van der Waals surface area contributed by atoms with Crippen LogP contribution in [0.2, 0.25) is 0 Å². The molecule has 0 aromatic heterocycles. The van der Waals surface area contributed by atoms with Gasteiger partial charge in [-0.3, -0.25) is 14.9 Å². The van der Waals surface area contributed by atoms with Gasteiger partial charge in [0.05, 0.1) is 19.9 Å². The second kappa shape index (κ2) is 7.43. The lowest BCUT2D eigenvalue weighted by Crippen LogP contribution is -2.54. The van der Waals surface area contributed by atoms with Gasteiger partial charge in [-0.05, 0) is 42.3 Å². The van der Waals surface area contributed by atoms with E-state index in [1.165, 1.54) is 32.4 Å². The summed E-state index contributed by atoms with van der Waals surface area (Å²) in [6, 6.07) is 8.92. The lowest BCUT2D eigenvalue weighted by molar-refractivity contribution is -0.122. The molecule has 1 fully saturated rings. The van der Waals surface area contributed by atoms with Gasteiger partial charge in [0.1, 0.15) is 5.57 Å². The molecule has 8 heteroatoms. The molecule has 4 amide bonds. The van der Waals surface area contributed by atoms with E-state index >= 15 is 0 Å². The summed E-state index contributed by atoms with van der Waals surface area (Å²) >= 11 is 0. The number of hydrogen-bond acceptors (Lipinski definition) is 6. The summed E-state index contributed by atoms with van der Waals surface area (Å²) in [5.41, 5.74) is 1.22. The van der Waals surface area contributed by atoms with Crippen molar-refractivity contribution in [2.24, 2.45) is 0 Å². The van der Waals surface area contributed by atoms with E-state index in [2.05, 4.69) is 5.32 Å². The van der Waals surface area contributed by atoms with Gasteiger partial charge in [0.25, 0.3) is 11.8 Å². The van der Waals surface area contributed by atoms with Crippen LogP contribution in [-0.2, 0) is 9.59 Å². The Kier molecular flexibility index (Phi) is 5.04. The number of nitrogens with zero attached hydrogens (tertiary/aromatic N) is 1. The number of para-hydroxylation sites is 1. The summed E-state index contributed by atoms with van der Waals surface area (Å²) in [6.07, 6.45) is 1.31. The number of aromatic hydroxyl groups is 1. The number of carbonyl (C=O) groups is 3. The molecule has 1 heterocycles. The van der Waals surface area contributed by atoms with Crippen molar-refractivity contribution in [2.45, 2.75) is 6.92 Å². The first kappa shape index (κ1) is 19.0. The van der Waals surface area contributed by atoms with Crippen molar-refractivity contribution in [3.05, 3.63) is 53.1 Å². The third kappa shape index (κ3) is 3.27. The van der Waals surface area contributed by atoms with Crippen molar-refractivity contribution in [1.82, 2.24) is 5.32 Å². The smallest absolute Gasteiger partial charge is 0.335 e. The van der Waals surface area contributed by atoms with Gasteiger partial charge < -0.3 is 14.6 Å². The molecule has 0 atom stereocenters. The third-order valence-corrected chi connectivity index (χ3v) is 4.27. The Morgan fingerprint density at radius 1 is 1.04 bits per heavy atom. The Balaban J connectivity index is 2.08. The van der Waals surface area contributed by atoms with E-state index < -0.39 is 17.8 Å². The minimum absolute atomic E-state index is 0.113. The number of hydrogen-bond donors (Lipinski definition) is 2. The summed E-state index contributed by atoms with van der Waals surface area (Å²) in [5, 5.41) is 12.2. The third-order valence-electron chi connectivity index (χ3n) is 4.27. The molecular formula is C20H18N2O6. The zero-order chi connectivity index (χ0) is 20.4. The SMILES string of the molecule is COc1cc(/C=C2\C(=O)NC(=O)N(c3ccccc3C)C2=O)cc(OC)c1O. The van der Waals surface area contributed by atoms with E-state index in [4.69, 9.17) is 9.47 Å². The molecular weight excluding hydrogens is 364 g/mol. The second-order valence-corrected chi connectivity index (χ2v) is 6.02. The zero-order valence-electron chi connectivity index (χ0n) is 15.5. The van der Waals surface area contributed by atoms with Crippen LogP contribution in [0.3, 0.4) is 0 Å². The number of phenols is 1. The van der Waals surface area contributed by atoms with Crippen molar-refractivity contribution in [2.75, 3.05) is 19.1 Å². The predicted molar refractivity (Wildman–Crippen MR) is 101 cm³/mol. The maximum Gasteiger partial charge on any atom is 0.335 e. The van der Waals surface area contributed by atoms with Gasteiger partial charge in [0.15, 0.2) is 11.5 Å². The van der Waals surface area contributed by atoms with Gasteiger partial charge in [-0.2, -0.15) is 0 Å². The predicted octanol–water partition coefficient (Wildman–Crippen LogP) is 2.38. The molecule has 2 aromatic rings. The van der Waals surface area contributed by atoms with Crippen LogP contribution in [-0.4, -0.2) is 37.2 Å². The fourth-order valence-corrected chi connectivity index (χ4v) is 2.85. The lowest BCUT2D eigenvalue weighted by Gasteiger charge is -2.27. The molecule has 3 rings (SSSR count). The molecule has 2 aromatic carbocycles. The minimum atomic E-state index is -0.817. The molecule has 0 bridgehead atoms. The number of methoxy groups -OCH3 is 2. The number of aryl methyl sites for hydroxylation is 1. The molecule has 28 heavy (non-hydrogen) atoms. The average Bonchev–Trinajstić information content (AvgIpc) is 2.67. The molecule has 2 N–H and O–H groups in total. The van der Waals surface area contributed by atoms with Crippen molar-refractivity contribution in [1.29, 1.82) is 0 Å². The standard InChI is InChI=1S/C20H18N2O6/c1-11-6-4-5-7-14(11)22-19(25)13(18(24)21-20(22)26)8-12-9-15(27-2)17(23)16(10-12)28-3/h4-10,23H,1-3H3,(H,21,24,26)/b13-8+. The Labute approximate surface area is 161 Å². The highest BCUT2D eigenvalue weighted by Crippen LogP contribution is 2.38. The molecule has 0 radical (unpaired) electrons. The number of barbiturate groups is 1. The molecule has 0 aliphatic carbocycles. The first-order valence-corrected chi connectivity index (χ1v) is 8.29. The van der Waals surface area contributed by atoms with Gasteiger partial charge in [0, 0.05) is 0 Å². The van der Waals surface area contributed by atoms with E-state index in [-0.39, 0.29) is 22.8 Å². The number of anilines is 1. The van der Waals surface area contributed by atoms with Gasteiger partial charge in [-0.1, -0.05) is 18.2 Å². The van der Waals surface area contributed by atoms with Gasteiger partial charge in [0.2, 0.25) is 5.75 Å². The summed E-state index contributed by atoms with van der Waals surface area (Å²) in [6.45, 7) is 1.76. The molecule has 1 aliphatic rings. The van der Waals surface area contributed by atoms with Crippen LogP contribution >= 0.6 is 0 Å². The number of amides is 4. The number of benzene rings is 2. The van der Waals surface area contributed by atoms with Crippen LogP contribution in [0.4, 0.5) is 10.5 Å². The molecule has 8 nitrogen and oxygen atoms in total. The number of nitrogens with one attached hydrogen (secondary N) is 1. The van der Waals surface area contributed by atoms with Gasteiger partial charge in [-0.15, -0.1) is 0 Å². The minimum Gasteiger partial charge on any atom is -0.502 e. The molecule has 1 aliphatic heterocycles. The van der Waals surface area contributed by atoms with Crippen LogP contribution in [0.1, 0.15) is 11.1 Å². The maximum absolute atomic E-state index is 12.9. The molecule has 0 spiro atoms. The van der Waals surface area contributed by atoms with E-state index in [1.54, 1.807) is 31.2 Å². The van der Waals surface area contributed by atoms with Crippen LogP contribution in [0.15, 0.2) is 42.0 Å². The average molecular weight is 382 g/mol. The van der Waals surface area contributed by atoms with E-state index in [0.717, 1.165) is 4.90 Å². The van der Waals surface area contributed by atoms with Crippen LogP contribution in [0.5, 0.6) is 17.2 Å². The van der Waals surface area contributed by atoms with Crippen molar-refractivity contribution in [3.8, 4) is 17.2 Å². The quantitative estimate of drug-likeness (QED) is 0.621. The molecule has 144 valence electrons. The first-order chi connectivity index (χ1) is 13.4. The van der Waals surface area contributed by atoms with E-state index in [1.807, 2.05) is 0 Å². The van der Waals surface area contributed by atoms with Gasteiger partial charge in [-0.25, -0.2) is 9.69 Å². The largest absolute Gasteiger partial charge is 0.502 e. The normalized spacial score (nSPS) is 15.6. The van der Waals surface area contributed by atoms with Crippen LogP contribution in [0.25, 0.3) is 6.08 Å². The maximum atomic E-state index is 12.9. The Hall–Kier alpha value is -3.81. The zero-order valence-corrected chi connectivity index (χ0v) is 15.5. The Morgan fingerprint density at radius 2 is 1.64 bits per heavy atom. The number of imide groups is 2. The fraction of sp³-hybridized carbons (Fsp3) is 0.150. The Bertz CT molecular complexity index is 987.